The highest BCUT2D eigenvalue weighted by atomic mass is 32.2. The van der Waals surface area contributed by atoms with Crippen molar-refractivity contribution in [2.24, 2.45) is 0 Å². The number of amides is 1. The second-order valence-electron chi connectivity index (χ2n) is 4.13. The van der Waals surface area contributed by atoms with Gasteiger partial charge in [-0.05, 0) is 18.2 Å². The molecule has 1 atom stereocenters. The molecule has 0 spiro atoms. The molecule has 0 saturated carbocycles. The third kappa shape index (κ3) is 2.74. The van der Waals surface area contributed by atoms with Crippen LogP contribution in [0.1, 0.15) is 18.9 Å². The Balaban J connectivity index is 2.16. The van der Waals surface area contributed by atoms with Gasteiger partial charge < -0.3 is 4.90 Å². The molecule has 0 aromatic heterocycles. The molecule has 1 amide bonds. The highest BCUT2D eigenvalue weighted by Crippen LogP contribution is 2.28. The van der Waals surface area contributed by atoms with Gasteiger partial charge in [-0.1, -0.05) is 23.7 Å². The van der Waals surface area contributed by atoms with Crippen LogP contribution in [-0.2, 0) is 9.59 Å². The average Bonchev–Trinajstić information content (AvgIpc) is 2.69. The summed E-state index contributed by atoms with van der Waals surface area (Å²) < 4.78 is 0. The number of hydrogen-bond donors (Lipinski definition) is 0. The van der Waals surface area contributed by atoms with Crippen molar-refractivity contribution >= 4 is 28.5 Å². The van der Waals surface area contributed by atoms with Gasteiger partial charge in [0.05, 0.1) is 0 Å². The first-order valence-electron chi connectivity index (χ1n) is 5.64. The zero-order valence-electron chi connectivity index (χ0n) is 10.1. The third-order valence-electron chi connectivity index (χ3n) is 2.75. The molecule has 0 bridgehead atoms. The quantitative estimate of drug-likeness (QED) is 0.763. The molecule has 4 heteroatoms. The van der Waals surface area contributed by atoms with E-state index in [0.29, 0.717) is 13.0 Å². The maximum absolute atomic E-state index is 11.9. The molecule has 3 nitrogen and oxygen atoms in total. The molecule has 1 aromatic carbocycles. The largest absolute Gasteiger partial charge is 0.311 e. The zero-order chi connectivity index (χ0) is 13.1. The molecule has 1 saturated heterocycles. The molecule has 1 aliphatic rings. The van der Waals surface area contributed by atoms with Crippen LogP contribution >= 0.6 is 11.8 Å². The van der Waals surface area contributed by atoms with Gasteiger partial charge in [-0.25, -0.2) is 0 Å². The number of thioether (sulfide) groups is 1. The summed E-state index contributed by atoms with van der Waals surface area (Å²) in [5.41, 5.74) is 1.56. The minimum absolute atomic E-state index is 0.0444. The van der Waals surface area contributed by atoms with Crippen molar-refractivity contribution in [2.75, 3.05) is 11.4 Å². The van der Waals surface area contributed by atoms with E-state index in [1.165, 1.54) is 18.7 Å². The van der Waals surface area contributed by atoms with E-state index in [1.807, 2.05) is 24.3 Å². The van der Waals surface area contributed by atoms with Gasteiger partial charge in [-0.15, -0.1) is 6.42 Å². The van der Waals surface area contributed by atoms with Gasteiger partial charge in [0.25, 0.3) is 0 Å². The minimum atomic E-state index is 0.0444. The van der Waals surface area contributed by atoms with E-state index >= 15 is 0 Å². The first-order chi connectivity index (χ1) is 8.60. The fourth-order valence-electron chi connectivity index (χ4n) is 2.00. The topological polar surface area (TPSA) is 37.4 Å². The molecule has 1 aliphatic heterocycles. The number of carbonyl (C=O) groups is 2. The second kappa shape index (κ2) is 5.28. The van der Waals surface area contributed by atoms with Crippen molar-refractivity contribution in [2.45, 2.75) is 18.6 Å². The van der Waals surface area contributed by atoms with Crippen LogP contribution in [0, 0.1) is 12.3 Å². The van der Waals surface area contributed by atoms with Crippen LogP contribution in [-0.4, -0.2) is 22.8 Å². The first-order valence-corrected chi connectivity index (χ1v) is 6.52. The Hall–Kier alpha value is -1.73. The lowest BCUT2D eigenvalue weighted by molar-refractivity contribution is -0.117. The molecule has 1 fully saturated rings. The predicted octanol–water partition coefficient (Wildman–Crippen LogP) is 2.05. The maximum atomic E-state index is 11.9. The molecule has 0 N–H and O–H groups in total. The summed E-state index contributed by atoms with van der Waals surface area (Å²) in [6.45, 7) is 2.09. The van der Waals surface area contributed by atoms with Crippen molar-refractivity contribution in [1.82, 2.24) is 0 Å². The van der Waals surface area contributed by atoms with Crippen molar-refractivity contribution < 1.29 is 9.59 Å². The van der Waals surface area contributed by atoms with Crippen LogP contribution in [0.25, 0.3) is 0 Å². The summed E-state index contributed by atoms with van der Waals surface area (Å²) in [6.07, 6.45) is 5.75. The molecule has 1 aromatic rings. The molecule has 1 unspecified atom stereocenters. The molecule has 1 heterocycles. The lowest BCUT2D eigenvalue weighted by Gasteiger charge is -2.16. The van der Waals surface area contributed by atoms with Gasteiger partial charge in [0.1, 0.15) is 0 Å². The first kappa shape index (κ1) is 12.7. The van der Waals surface area contributed by atoms with E-state index in [0.717, 1.165) is 11.3 Å². The summed E-state index contributed by atoms with van der Waals surface area (Å²) >= 11 is 1.23. The molecule has 0 radical (unpaired) electrons. The Bertz CT molecular complexity index is 533. The fraction of sp³-hybridized carbons (Fsp3) is 0.286. The Kier molecular flexibility index (Phi) is 3.73. The van der Waals surface area contributed by atoms with Crippen LogP contribution in [0.15, 0.2) is 24.3 Å². The van der Waals surface area contributed by atoms with E-state index in [1.54, 1.807) is 4.90 Å². The van der Waals surface area contributed by atoms with Crippen LogP contribution in [0.3, 0.4) is 0 Å². The Labute approximate surface area is 111 Å². The maximum Gasteiger partial charge on any atom is 0.228 e. The van der Waals surface area contributed by atoms with Crippen LogP contribution in [0.4, 0.5) is 5.69 Å². The molecule has 2 rings (SSSR count). The van der Waals surface area contributed by atoms with Crippen molar-refractivity contribution in [1.29, 1.82) is 0 Å². The zero-order valence-corrected chi connectivity index (χ0v) is 10.9. The van der Waals surface area contributed by atoms with Crippen LogP contribution in [0.2, 0.25) is 0 Å². The fourth-order valence-corrected chi connectivity index (χ4v) is 2.92. The highest BCUT2D eigenvalue weighted by Gasteiger charge is 2.31. The van der Waals surface area contributed by atoms with E-state index < -0.39 is 0 Å². The van der Waals surface area contributed by atoms with E-state index in [-0.39, 0.29) is 16.3 Å². The summed E-state index contributed by atoms with van der Waals surface area (Å²) in [6, 6.07) is 7.34. The number of carbonyl (C=O) groups excluding carboxylic acids is 2. The summed E-state index contributed by atoms with van der Waals surface area (Å²) in [5.74, 6) is 2.60. The number of nitrogens with zero attached hydrogens (tertiary/aromatic N) is 1. The lowest BCUT2D eigenvalue weighted by Crippen LogP contribution is -2.24. The Morgan fingerprint density at radius 2 is 2.33 bits per heavy atom. The van der Waals surface area contributed by atoms with Crippen molar-refractivity contribution in [3.8, 4) is 12.3 Å². The van der Waals surface area contributed by atoms with E-state index in [2.05, 4.69) is 5.92 Å². The third-order valence-corrected chi connectivity index (χ3v) is 3.73. The van der Waals surface area contributed by atoms with Gasteiger partial charge in [0, 0.05) is 36.4 Å². The van der Waals surface area contributed by atoms with Crippen molar-refractivity contribution in [3.05, 3.63) is 29.8 Å². The number of benzene rings is 1. The van der Waals surface area contributed by atoms with Gasteiger partial charge >= 0.3 is 0 Å². The summed E-state index contributed by atoms with van der Waals surface area (Å²) in [4.78, 5) is 24.7. The van der Waals surface area contributed by atoms with E-state index in [4.69, 9.17) is 6.42 Å². The second-order valence-corrected chi connectivity index (χ2v) is 5.61. The van der Waals surface area contributed by atoms with Gasteiger partial charge in [0.15, 0.2) is 5.12 Å². The standard InChI is InChI=1S/C14H13NO2S/c1-3-11-5-4-6-12(7-11)15-9-13(8-14(15)17)18-10(2)16/h1,4-7,13H,8-9H2,2H3. The molecule has 18 heavy (non-hydrogen) atoms. The highest BCUT2D eigenvalue weighted by molar-refractivity contribution is 8.14. The van der Waals surface area contributed by atoms with Crippen molar-refractivity contribution in [3.63, 3.8) is 0 Å². The minimum Gasteiger partial charge on any atom is -0.311 e. The van der Waals surface area contributed by atoms with Gasteiger partial charge in [0.2, 0.25) is 5.91 Å². The molecule has 92 valence electrons. The summed E-state index contributed by atoms with van der Waals surface area (Å²) in [5, 5.41) is 0.0940. The number of hydrogen-bond acceptors (Lipinski definition) is 3. The predicted molar refractivity (Wildman–Crippen MR) is 73.4 cm³/mol. The normalized spacial score (nSPS) is 18.8. The molecular weight excluding hydrogens is 246 g/mol. The monoisotopic (exact) mass is 259 g/mol. The summed E-state index contributed by atoms with van der Waals surface area (Å²) in [7, 11) is 0. The Morgan fingerprint density at radius 3 is 3.00 bits per heavy atom. The molecular formula is C14H13NO2S. The van der Waals surface area contributed by atoms with E-state index in [9.17, 15) is 9.59 Å². The van der Waals surface area contributed by atoms with Gasteiger partial charge in [-0.3, -0.25) is 9.59 Å². The smallest absolute Gasteiger partial charge is 0.228 e. The number of rotatable bonds is 2. The SMILES string of the molecule is C#Cc1cccc(N2CC(SC(C)=O)CC2=O)c1. The average molecular weight is 259 g/mol. The van der Waals surface area contributed by atoms with Crippen LogP contribution in [0.5, 0.6) is 0 Å². The lowest BCUT2D eigenvalue weighted by atomic mass is 10.2. The van der Waals surface area contributed by atoms with Gasteiger partial charge in [-0.2, -0.15) is 0 Å². The Morgan fingerprint density at radius 1 is 1.56 bits per heavy atom. The van der Waals surface area contributed by atoms with Crippen LogP contribution < -0.4 is 4.90 Å². The number of terminal acetylenes is 1. The molecule has 0 aliphatic carbocycles. The number of anilines is 1.